The smallest absolute Gasteiger partial charge is 0.123 e. The SMILES string of the molecule is NNC(CCCCl)Cc1ccc(F)cc1. The Hall–Kier alpha value is -0.640. The molecule has 0 radical (unpaired) electrons. The number of benzene rings is 1. The number of nitrogens with two attached hydrogens (primary N) is 1. The first-order valence-corrected chi connectivity index (χ1v) is 5.56. The van der Waals surface area contributed by atoms with Gasteiger partial charge in [-0.2, -0.15) is 0 Å². The van der Waals surface area contributed by atoms with Gasteiger partial charge in [0.2, 0.25) is 0 Å². The number of halogens is 2. The summed E-state index contributed by atoms with van der Waals surface area (Å²) in [6.07, 6.45) is 2.66. The molecule has 15 heavy (non-hydrogen) atoms. The van der Waals surface area contributed by atoms with E-state index in [1.807, 2.05) is 0 Å². The zero-order valence-corrected chi connectivity index (χ0v) is 9.30. The van der Waals surface area contributed by atoms with Crippen LogP contribution in [0.2, 0.25) is 0 Å². The van der Waals surface area contributed by atoms with E-state index in [0.717, 1.165) is 24.8 Å². The molecular weight excluding hydrogens is 215 g/mol. The van der Waals surface area contributed by atoms with E-state index in [9.17, 15) is 4.39 Å². The van der Waals surface area contributed by atoms with Crippen molar-refractivity contribution in [1.29, 1.82) is 0 Å². The highest BCUT2D eigenvalue weighted by molar-refractivity contribution is 6.17. The van der Waals surface area contributed by atoms with E-state index in [-0.39, 0.29) is 11.9 Å². The van der Waals surface area contributed by atoms with E-state index >= 15 is 0 Å². The molecule has 0 aromatic heterocycles. The second kappa shape index (κ2) is 6.77. The minimum atomic E-state index is -0.211. The molecule has 0 aliphatic rings. The van der Waals surface area contributed by atoms with Gasteiger partial charge in [0.05, 0.1) is 0 Å². The van der Waals surface area contributed by atoms with E-state index in [1.165, 1.54) is 12.1 Å². The number of hydrogen-bond donors (Lipinski definition) is 2. The van der Waals surface area contributed by atoms with Crippen LogP contribution in [0.25, 0.3) is 0 Å². The van der Waals surface area contributed by atoms with Gasteiger partial charge >= 0.3 is 0 Å². The van der Waals surface area contributed by atoms with E-state index in [0.29, 0.717) is 5.88 Å². The lowest BCUT2D eigenvalue weighted by Gasteiger charge is -2.14. The number of hydrogen-bond acceptors (Lipinski definition) is 2. The van der Waals surface area contributed by atoms with Crippen LogP contribution in [0.15, 0.2) is 24.3 Å². The third-order valence-electron chi connectivity index (χ3n) is 2.32. The Balaban J connectivity index is 2.47. The minimum Gasteiger partial charge on any atom is -0.271 e. The van der Waals surface area contributed by atoms with Crippen molar-refractivity contribution >= 4 is 11.6 Å². The topological polar surface area (TPSA) is 38.0 Å². The molecule has 2 nitrogen and oxygen atoms in total. The average molecular weight is 231 g/mol. The molecule has 0 aliphatic heterocycles. The van der Waals surface area contributed by atoms with Crippen molar-refractivity contribution in [2.24, 2.45) is 5.84 Å². The lowest BCUT2D eigenvalue weighted by molar-refractivity contribution is 0.486. The normalized spacial score (nSPS) is 12.7. The molecule has 0 aliphatic carbocycles. The summed E-state index contributed by atoms with van der Waals surface area (Å²) in [4.78, 5) is 0. The van der Waals surface area contributed by atoms with Crippen LogP contribution in [-0.4, -0.2) is 11.9 Å². The van der Waals surface area contributed by atoms with Crippen LogP contribution in [0.3, 0.4) is 0 Å². The molecule has 1 aromatic rings. The van der Waals surface area contributed by atoms with Gasteiger partial charge in [-0.05, 0) is 37.0 Å². The van der Waals surface area contributed by atoms with Crippen molar-refractivity contribution in [3.8, 4) is 0 Å². The molecule has 1 rings (SSSR count). The third-order valence-corrected chi connectivity index (χ3v) is 2.58. The zero-order valence-electron chi connectivity index (χ0n) is 8.55. The summed E-state index contributed by atoms with van der Waals surface area (Å²) in [6.45, 7) is 0. The molecule has 0 fully saturated rings. The zero-order chi connectivity index (χ0) is 11.1. The van der Waals surface area contributed by atoms with Crippen LogP contribution in [0.1, 0.15) is 18.4 Å². The molecule has 84 valence electrons. The Morgan fingerprint density at radius 3 is 2.53 bits per heavy atom. The first kappa shape index (κ1) is 12.4. The number of nitrogens with one attached hydrogen (secondary N) is 1. The monoisotopic (exact) mass is 230 g/mol. The number of hydrazine groups is 1. The van der Waals surface area contributed by atoms with E-state index in [1.54, 1.807) is 12.1 Å². The molecule has 4 heteroatoms. The van der Waals surface area contributed by atoms with Gasteiger partial charge < -0.3 is 0 Å². The summed E-state index contributed by atoms with van der Waals surface area (Å²) in [6, 6.07) is 6.68. The van der Waals surface area contributed by atoms with Gasteiger partial charge in [-0.25, -0.2) is 4.39 Å². The fraction of sp³-hybridized carbons (Fsp3) is 0.455. The molecule has 0 saturated heterocycles. The summed E-state index contributed by atoms with van der Waals surface area (Å²) >= 11 is 5.61. The predicted molar refractivity (Wildman–Crippen MR) is 61.2 cm³/mol. The van der Waals surface area contributed by atoms with E-state index < -0.39 is 0 Å². The summed E-state index contributed by atoms with van der Waals surface area (Å²) in [7, 11) is 0. The minimum absolute atomic E-state index is 0.203. The Morgan fingerprint density at radius 2 is 2.00 bits per heavy atom. The molecule has 1 unspecified atom stereocenters. The number of rotatable bonds is 6. The van der Waals surface area contributed by atoms with Crippen molar-refractivity contribution in [2.45, 2.75) is 25.3 Å². The molecule has 0 bridgehead atoms. The summed E-state index contributed by atoms with van der Waals surface area (Å²) in [5.41, 5.74) is 3.83. The van der Waals surface area contributed by atoms with Gasteiger partial charge in [-0.1, -0.05) is 12.1 Å². The second-order valence-electron chi connectivity index (χ2n) is 3.53. The Morgan fingerprint density at radius 1 is 1.33 bits per heavy atom. The number of alkyl halides is 1. The Labute approximate surface area is 94.6 Å². The maximum atomic E-state index is 12.7. The highest BCUT2D eigenvalue weighted by Crippen LogP contribution is 2.09. The van der Waals surface area contributed by atoms with Crippen LogP contribution >= 0.6 is 11.6 Å². The molecule has 0 saturated carbocycles. The highest BCUT2D eigenvalue weighted by Gasteiger charge is 2.06. The Kier molecular flexibility index (Phi) is 5.61. The van der Waals surface area contributed by atoms with Crippen molar-refractivity contribution < 1.29 is 4.39 Å². The average Bonchev–Trinajstić information content (AvgIpc) is 2.27. The largest absolute Gasteiger partial charge is 0.271 e. The van der Waals surface area contributed by atoms with Crippen molar-refractivity contribution in [3.05, 3.63) is 35.6 Å². The molecule has 0 spiro atoms. The van der Waals surface area contributed by atoms with Gasteiger partial charge in [-0.15, -0.1) is 11.6 Å². The van der Waals surface area contributed by atoms with Gasteiger partial charge in [0, 0.05) is 11.9 Å². The lowest BCUT2D eigenvalue weighted by atomic mass is 10.0. The second-order valence-corrected chi connectivity index (χ2v) is 3.90. The molecule has 1 atom stereocenters. The summed E-state index contributed by atoms with van der Waals surface area (Å²) in [5, 5.41) is 0. The van der Waals surface area contributed by atoms with Gasteiger partial charge in [0.25, 0.3) is 0 Å². The fourth-order valence-electron chi connectivity index (χ4n) is 1.47. The standard InChI is InChI=1S/C11H16ClFN2/c12-7-1-2-11(15-14)8-9-3-5-10(13)6-4-9/h3-6,11,15H,1-2,7-8,14H2. The molecule has 1 aromatic carbocycles. The maximum Gasteiger partial charge on any atom is 0.123 e. The molecule has 0 amide bonds. The lowest BCUT2D eigenvalue weighted by Crippen LogP contribution is -2.36. The summed E-state index contributed by atoms with van der Waals surface area (Å²) in [5.74, 6) is 5.85. The first-order chi connectivity index (χ1) is 7.26. The predicted octanol–water partition coefficient (Wildman–Crippen LogP) is 2.22. The van der Waals surface area contributed by atoms with Crippen LogP contribution in [-0.2, 0) is 6.42 Å². The molecular formula is C11H16ClFN2. The first-order valence-electron chi connectivity index (χ1n) is 5.03. The van der Waals surface area contributed by atoms with E-state index in [4.69, 9.17) is 17.4 Å². The van der Waals surface area contributed by atoms with E-state index in [2.05, 4.69) is 5.43 Å². The quantitative estimate of drug-likeness (QED) is 0.447. The molecule has 0 heterocycles. The van der Waals surface area contributed by atoms with Gasteiger partial charge in [0.15, 0.2) is 0 Å². The Bertz CT molecular complexity index is 276. The van der Waals surface area contributed by atoms with Crippen LogP contribution < -0.4 is 11.3 Å². The molecule has 3 N–H and O–H groups in total. The third kappa shape index (κ3) is 4.60. The van der Waals surface area contributed by atoms with Crippen molar-refractivity contribution in [2.75, 3.05) is 5.88 Å². The van der Waals surface area contributed by atoms with Gasteiger partial charge in [-0.3, -0.25) is 11.3 Å². The van der Waals surface area contributed by atoms with Crippen LogP contribution in [0.4, 0.5) is 4.39 Å². The van der Waals surface area contributed by atoms with Gasteiger partial charge in [0.1, 0.15) is 5.82 Å². The van der Waals surface area contributed by atoms with Crippen molar-refractivity contribution in [1.82, 2.24) is 5.43 Å². The summed E-state index contributed by atoms with van der Waals surface area (Å²) < 4.78 is 12.7. The van der Waals surface area contributed by atoms with Crippen LogP contribution in [0.5, 0.6) is 0 Å². The fourth-order valence-corrected chi connectivity index (χ4v) is 1.63. The van der Waals surface area contributed by atoms with Crippen LogP contribution in [0, 0.1) is 5.82 Å². The highest BCUT2D eigenvalue weighted by atomic mass is 35.5. The maximum absolute atomic E-state index is 12.7. The van der Waals surface area contributed by atoms with Crippen molar-refractivity contribution in [3.63, 3.8) is 0 Å².